The lowest BCUT2D eigenvalue weighted by molar-refractivity contribution is 0.0754. The zero-order chi connectivity index (χ0) is 27.3. The Morgan fingerprint density at radius 1 is 0.641 bits per heavy atom. The monoisotopic (exact) mass is 542 g/mol. The molecule has 0 atom stereocenters. The molecule has 39 heavy (non-hydrogen) atoms. The number of carbonyl (C=O) groups excluding carboxylic acids is 1. The SMILES string of the molecule is CCCCCCCCCOc1ccc(S(OC(=O)c2ccccc2O)(c2ccccc2)c2ccccc2)cc1. The molecule has 0 bridgehead atoms. The summed E-state index contributed by atoms with van der Waals surface area (Å²) in [5, 5.41) is 10.4. The van der Waals surface area contributed by atoms with Crippen molar-refractivity contribution in [3.05, 3.63) is 115 Å². The second-order valence-electron chi connectivity index (χ2n) is 9.51. The van der Waals surface area contributed by atoms with Crippen molar-refractivity contribution in [1.29, 1.82) is 0 Å². The minimum atomic E-state index is -2.47. The number of ether oxygens (including phenoxy) is 1. The maximum Gasteiger partial charge on any atom is 0.353 e. The van der Waals surface area contributed by atoms with Gasteiger partial charge in [0, 0.05) is 14.7 Å². The van der Waals surface area contributed by atoms with E-state index in [-0.39, 0.29) is 11.3 Å². The summed E-state index contributed by atoms with van der Waals surface area (Å²) in [6, 6.07) is 34.1. The number of para-hydroxylation sites is 1. The molecule has 5 heteroatoms. The molecule has 0 saturated heterocycles. The van der Waals surface area contributed by atoms with E-state index in [0.717, 1.165) is 26.9 Å². The highest BCUT2D eigenvalue weighted by molar-refractivity contribution is 8.30. The fraction of sp³-hybridized carbons (Fsp3) is 0.265. The van der Waals surface area contributed by atoms with Crippen LogP contribution in [0.5, 0.6) is 11.5 Å². The maximum absolute atomic E-state index is 13.6. The molecule has 0 spiro atoms. The first-order valence-electron chi connectivity index (χ1n) is 13.8. The van der Waals surface area contributed by atoms with Gasteiger partial charge in [0.25, 0.3) is 0 Å². The summed E-state index contributed by atoms with van der Waals surface area (Å²) < 4.78 is 12.5. The molecule has 0 unspecified atom stereocenters. The zero-order valence-electron chi connectivity index (χ0n) is 22.6. The average Bonchev–Trinajstić information content (AvgIpc) is 2.99. The van der Waals surface area contributed by atoms with Crippen LogP contribution in [0, 0.1) is 0 Å². The van der Waals surface area contributed by atoms with E-state index in [4.69, 9.17) is 8.92 Å². The summed E-state index contributed by atoms with van der Waals surface area (Å²) in [6.45, 7) is 2.92. The van der Waals surface area contributed by atoms with Gasteiger partial charge in [0.2, 0.25) is 0 Å². The summed E-state index contributed by atoms with van der Waals surface area (Å²) in [6.07, 6.45) is 8.68. The molecule has 0 aliphatic rings. The van der Waals surface area contributed by atoms with E-state index in [1.165, 1.54) is 44.6 Å². The predicted molar refractivity (Wildman–Crippen MR) is 159 cm³/mol. The third kappa shape index (κ3) is 7.24. The molecule has 0 aliphatic carbocycles. The molecule has 1 N–H and O–H groups in total. The van der Waals surface area contributed by atoms with E-state index in [1.807, 2.05) is 84.9 Å². The highest BCUT2D eigenvalue weighted by atomic mass is 32.3. The lowest BCUT2D eigenvalue weighted by Crippen LogP contribution is -2.14. The number of aromatic hydroxyl groups is 1. The number of carbonyl (C=O) groups is 1. The normalized spacial score (nSPS) is 11.6. The molecule has 4 aromatic carbocycles. The van der Waals surface area contributed by atoms with E-state index in [9.17, 15) is 9.90 Å². The Kier molecular flexibility index (Phi) is 10.5. The van der Waals surface area contributed by atoms with Crippen molar-refractivity contribution in [3.63, 3.8) is 0 Å². The van der Waals surface area contributed by atoms with Gasteiger partial charge in [-0.05, 0) is 77.4 Å². The van der Waals surface area contributed by atoms with E-state index < -0.39 is 16.3 Å². The summed E-state index contributed by atoms with van der Waals surface area (Å²) in [4.78, 5) is 16.2. The summed E-state index contributed by atoms with van der Waals surface area (Å²) in [5.41, 5.74) is 0.135. The van der Waals surface area contributed by atoms with Gasteiger partial charge < -0.3 is 14.0 Å². The topological polar surface area (TPSA) is 55.8 Å². The molecule has 0 heterocycles. The molecular formula is C34H38O4S. The molecule has 0 saturated carbocycles. The minimum absolute atomic E-state index is 0.106. The van der Waals surface area contributed by atoms with Crippen molar-refractivity contribution in [2.45, 2.75) is 66.6 Å². The van der Waals surface area contributed by atoms with Crippen LogP contribution < -0.4 is 4.74 Å². The van der Waals surface area contributed by atoms with Crippen molar-refractivity contribution < 1.29 is 18.8 Å². The van der Waals surface area contributed by atoms with Crippen molar-refractivity contribution >= 4 is 16.3 Å². The number of hydrogen-bond acceptors (Lipinski definition) is 4. The van der Waals surface area contributed by atoms with Gasteiger partial charge in [-0.25, -0.2) is 4.79 Å². The van der Waals surface area contributed by atoms with Crippen LogP contribution in [0.2, 0.25) is 0 Å². The standard InChI is InChI=1S/C34H38O4S/c1-2-3-4-5-6-7-16-27-37-28-23-25-31(26-24-28)39(29-17-10-8-11-18-29,30-19-12-9-13-20-30)38-34(36)32-21-14-15-22-33(32)35/h8-15,17-26,35H,2-7,16,27H2,1H3. The van der Waals surface area contributed by atoms with Crippen LogP contribution in [0.1, 0.15) is 62.2 Å². The number of phenolic OH excluding ortho intramolecular Hbond substituents is 1. The molecule has 0 amide bonds. The third-order valence-electron chi connectivity index (χ3n) is 6.65. The van der Waals surface area contributed by atoms with E-state index in [0.29, 0.717) is 6.61 Å². The van der Waals surface area contributed by atoms with Crippen molar-refractivity contribution in [2.75, 3.05) is 6.61 Å². The zero-order valence-corrected chi connectivity index (χ0v) is 23.4. The highest BCUT2D eigenvalue weighted by Crippen LogP contribution is 2.69. The first kappa shape index (κ1) is 28.3. The van der Waals surface area contributed by atoms with Gasteiger partial charge in [-0.3, -0.25) is 0 Å². The number of benzene rings is 4. The van der Waals surface area contributed by atoms with Crippen LogP contribution in [0.25, 0.3) is 0 Å². The second-order valence-corrected chi connectivity index (χ2v) is 12.2. The molecule has 0 radical (unpaired) electrons. The lowest BCUT2D eigenvalue weighted by Gasteiger charge is -2.39. The van der Waals surface area contributed by atoms with Gasteiger partial charge in [0.05, 0.1) is 6.61 Å². The Morgan fingerprint density at radius 3 is 1.74 bits per heavy atom. The van der Waals surface area contributed by atoms with Gasteiger partial charge in [-0.2, -0.15) is 0 Å². The Balaban J connectivity index is 1.61. The van der Waals surface area contributed by atoms with Crippen LogP contribution >= 0.6 is 10.3 Å². The third-order valence-corrected chi connectivity index (χ3v) is 9.86. The van der Waals surface area contributed by atoms with Crippen LogP contribution in [0.3, 0.4) is 0 Å². The maximum atomic E-state index is 13.6. The Hall–Kier alpha value is -3.70. The molecule has 4 aromatic rings. The van der Waals surface area contributed by atoms with Crippen LogP contribution in [-0.2, 0) is 4.18 Å². The predicted octanol–water partition coefficient (Wildman–Crippen LogP) is 9.58. The van der Waals surface area contributed by atoms with Gasteiger partial charge in [-0.15, -0.1) is 0 Å². The second kappa shape index (κ2) is 14.5. The molecule has 0 aromatic heterocycles. The Bertz CT molecular complexity index is 1250. The fourth-order valence-corrected chi connectivity index (χ4v) is 7.58. The van der Waals surface area contributed by atoms with Gasteiger partial charge in [0.15, 0.2) is 0 Å². The van der Waals surface area contributed by atoms with Crippen LogP contribution in [-0.4, -0.2) is 17.7 Å². The first-order chi connectivity index (χ1) is 19.1. The largest absolute Gasteiger partial charge is 0.507 e. The van der Waals surface area contributed by atoms with Crippen molar-refractivity contribution in [3.8, 4) is 11.5 Å². The number of rotatable bonds is 14. The van der Waals surface area contributed by atoms with Gasteiger partial charge in [-0.1, -0.05) is 94.0 Å². The summed E-state index contributed by atoms with van der Waals surface area (Å²) >= 11 is 0. The van der Waals surface area contributed by atoms with E-state index in [1.54, 1.807) is 18.2 Å². The number of hydrogen-bond donors (Lipinski definition) is 1. The molecular weight excluding hydrogens is 504 g/mol. The van der Waals surface area contributed by atoms with Crippen molar-refractivity contribution in [2.24, 2.45) is 0 Å². The molecule has 4 rings (SSSR count). The fourth-order valence-electron chi connectivity index (χ4n) is 4.56. The highest BCUT2D eigenvalue weighted by Gasteiger charge is 2.36. The number of unbranched alkanes of at least 4 members (excludes halogenated alkanes) is 6. The van der Waals surface area contributed by atoms with E-state index in [2.05, 4.69) is 6.92 Å². The molecule has 4 nitrogen and oxygen atoms in total. The van der Waals surface area contributed by atoms with Crippen molar-refractivity contribution in [1.82, 2.24) is 0 Å². The summed E-state index contributed by atoms with van der Waals surface area (Å²) in [5.74, 6) is 0.118. The van der Waals surface area contributed by atoms with Crippen LogP contribution in [0.4, 0.5) is 0 Å². The quantitative estimate of drug-likeness (QED) is 0.161. The van der Waals surface area contributed by atoms with Gasteiger partial charge >= 0.3 is 5.97 Å². The molecule has 204 valence electrons. The lowest BCUT2D eigenvalue weighted by atomic mass is 10.1. The Labute approximate surface area is 234 Å². The molecule has 0 fully saturated rings. The first-order valence-corrected chi connectivity index (χ1v) is 15.4. The van der Waals surface area contributed by atoms with Crippen LogP contribution in [0.15, 0.2) is 124 Å². The average molecular weight is 543 g/mol. The Morgan fingerprint density at radius 2 is 1.15 bits per heavy atom. The summed E-state index contributed by atoms with van der Waals surface area (Å²) in [7, 11) is -2.47. The smallest absolute Gasteiger partial charge is 0.353 e. The van der Waals surface area contributed by atoms with E-state index >= 15 is 0 Å². The molecule has 0 aliphatic heterocycles. The minimum Gasteiger partial charge on any atom is -0.507 e. The van der Waals surface area contributed by atoms with Gasteiger partial charge in [0.1, 0.15) is 17.1 Å². The number of phenols is 1.